The van der Waals surface area contributed by atoms with Gasteiger partial charge in [-0.05, 0) is 34.6 Å². The Morgan fingerprint density at radius 2 is 1.92 bits per heavy atom. The van der Waals surface area contributed by atoms with E-state index in [1.165, 1.54) is 14.0 Å². The van der Waals surface area contributed by atoms with Gasteiger partial charge in [-0.15, -0.1) is 0 Å². The fourth-order valence-corrected chi connectivity index (χ4v) is 3.95. The van der Waals surface area contributed by atoms with E-state index in [0.717, 1.165) is 23.5 Å². The standard InChI is InChI=1S/C15H24N2O6S2/c1-13(2,3)23-11(20)16-14(4,9(18)22-6)7-24-10(19)15(5)8-25-12(21)17-15/h7-8H2,1-6H3,(H,16,20)(H,17,21)/t14-,15-/m0/s1. The maximum atomic E-state index is 12.4. The summed E-state index contributed by atoms with van der Waals surface area (Å²) in [6.07, 6.45) is -0.788. The van der Waals surface area contributed by atoms with Gasteiger partial charge in [-0.2, -0.15) is 0 Å². The van der Waals surface area contributed by atoms with Crippen molar-refractivity contribution in [2.45, 2.75) is 51.3 Å². The van der Waals surface area contributed by atoms with Gasteiger partial charge in [-0.25, -0.2) is 9.59 Å². The van der Waals surface area contributed by atoms with Crippen LogP contribution < -0.4 is 10.6 Å². The first-order valence-corrected chi connectivity index (χ1v) is 9.50. The molecule has 0 aromatic rings. The molecule has 0 unspecified atom stereocenters. The van der Waals surface area contributed by atoms with Crippen LogP contribution in [-0.2, 0) is 19.1 Å². The first-order valence-electron chi connectivity index (χ1n) is 7.53. The molecule has 2 atom stereocenters. The summed E-state index contributed by atoms with van der Waals surface area (Å²) in [6.45, 7) is 8.16. The van der Waals surface area contributed by atoms with E-state index in [4.69, 9.17) is 9.47 Å². The van der Waals surface area contributed by atoms with Crippen LogP contribution in [0.25, 0.3) is 0 Å². The van der Waals surface area contributed by atoms with Gasteiger partial charge in [0.2, 0.25) is 5.12 Å². The lowest BCUT2D eigenvalue weighted by atomic mass is 10.1. The van der Waals surface area contributed by atoms with Crippen LogP contribution in [0.4, 0.5) is 9.59 Å². The molecular weight excluding hydrogens is 368 g/mol. The summed E-state index contributed by atoms with van der Waals surface area (Å²) in [7, 11) is 1.19. The maximum absolute atomic E-state index is 12.4. The number of hydrogen-bond acceptors (Lipinski definition) is 8. The number of esters is 1. The highest BCUT2D eigenvalue weighted by Crippen LogP contribution is 2.29. The van der Waals surface area contributed by atoms with Gasteiger partial charge in [0.05, 0.1) is 7.11 Å². The number of alkyl carbamates (subject to hydrolysis) is 1. The third-order valence-electron chi connectivity index (χ3n) is 3.23. The maximum Gasteiger partial charge on any atom is 0.408 e. The van der Waals surface area contributed by atoms with E-state index >= 15 is 0 Å². The summed E-state index contributed by atoms with van der Waals surface area (Å²) in [6, 6.07) is 0. The molecule has 0 aromatic heterocycles. The van der Waals surface area contributed by atoms with Crippen molar-refractivity contribution < 1.29 is 28.7 Å². The Labute approximate surface area is 155 Å². The van der Waals surface area contributed by atoms with E-state index in [0.29, 0.717) is 5.75 Å². The fraction of sp³-hybridized carbons (Fsp3) is 0.733. The van der Waals surface area contributed by atoms with Crippen molar-refractivity contribution in [3.63, 3.8) is 0 Å². The molecule has 0 aromatic carbocycles. The summed E-state index contributed by atoms with van der Waals surface area (Å²) in [5.41, 5.74) is -3.19. The van der Waals surface area contributed by atoms with Gasteiger partial charge in [-0.1, -0.05) is 23.5 Å². The summed E-state index contributed by atoms with van der Waals surface area (Å²) >= 11 is 1.88. The molecule has 10 heteroatoms. The topological polar surface area (TPSA) is 111 Å². The van der Waals surface area contributed by atoms with Crippen molar-refractivity contribution >= 4 is 45.9 Å². The molecule has 1 aliphatic rings. The van der Waals surface area contributed by atoms with Gasteiger partial charge in [-0.3, -0.25) is 9.59 Å². The number of hydrogen-bond donors (Lipinski definition) is 2. The van der Waals surface area contributed by atoms with Crippen LogP contribution in [0.1, 0.15) is 34.6 Å². The van der Waals surface area contributed by atoms with Crippen molar-refractivity contribution in [3.05, 3.63) is 0 Å². The number of carbonyl (C=O) groups excluding carboxylic acids is 4. The molecule has 1 aliphatic heterocycles. The third kappa shape index (κ3) is 6.10. The first kappa shape index (κ1) is 21.6. The lowest BCUT2D eigenvalue weighted by Gasteiger charge is -2.30. The van der Waals surface area contributed by atoms with Gasteiger partial charge in [0.25, 0.3) is 5.24 Å². The molecule has 2 amide bonds. The number of ether oxygens (including phenoxy) is 2. The van der Waals surface area contributed by atoms with Gasteiger partial charge < -0.3 is 20.1 Å². The predicted molar refractivity (Wildman–Crippen MR) is 96.7 cm³/mol. The number of rotatable bonds is 5. The zero-order valence-electron chi connectivity index (χ0n) is 15.2. The second-order valence-electron chi connectivity index (χ2n) is 7.06. The molecule has 0 bridgehead atoms. The third-order valence-corrected chi connectivity index (χ3v) is 5.75. The fourth-order valence-electron chi connectivity index (χ4n) is 1.89. The molecule has 0 spiro atoms. The van der Waals surface area contributed by atoms with Crippen LogP contribution in [-0.4, -0.2) is 57.7 Å². The van der Waals surface area contributed by atoms with Crippen molar-refractivity contribution in [2.24, 2.45) is 0 Å². The summed E-state index contributed by atoms with van der Waals surface area (Å²) in [5, 5.41) is 4.51. The van der Waals surface area contributed by atoms with Crippen LogP contribution in [0.2, 0.25) is 0 Å². The highest BCUT2D eigenvalue weighted by atomic mass is 32.2. The van der Waals surface area contributed by atoms with Gasteiger partial charge in [0.1, 0.15) is 16.7 Å². The molecule has 1 fully saturated rings. The molecule has 2 N–H and O–H groups in total. The van der Waals surface area contributed by atoms with E-state index < -0.39 is 28.7 Å². The van der Waals surface area contributed by atoms with E-state index in [1.807, 2.05) is 0 Å². The number of amides is 2. The number of carbonyl (C=O) groups is 4. The molecule has 142 valence electrons. The highest BCUT2D eigenvalue weighted by Gasteiger charge is 2.44. The van der Waals surface area contributed by atoms with Crippen LogP contribution >= 0.6 is 23.5 Å². The first-order chi connectivity index (χ1) is 11.3. The quantitative estimate of drug-likeness (QED) is 0.683. The Morgan fingerprint density at radius 1 is 1.32 bits per heavy atom. The predicted octanol–water partition coefficient (Wildman–Crippen LogP) is 1.92. The van der Waals surface area contributed by atoms with Crippen molar-refractivity contribution in [1.82, 2.24) is 10.6 Å². The van der Waals surface area contributed by atoms with Crippen molar-refractivity contribution in [2.75, 3.05) is 18.6 Å². The van der Waals surface area contributed by atoms with Gasteiger partial charge >= 0.3 is 12.1 Å². The molecule has 1 heterocycles. The zero-order chi connectivity index (χ0) is 19.5. The minimum atomic E-state index is -1.45. The molecular formula is C15H24N2O6S2. The molecule has 8 nitrogen and oxygen atoms in total. The Kier molecular flexibility index (Phi) is 6.80. The SMILES string of the molecule is COC(=O)[C@](C)(CSC(=O)[C@]1(C)CSC(=O)N1)NC(=O)OC(C)(C)C. The highest BCUT2D eigenvalue weighted by molar-refractivity contribution is 8.15. The summed E-state index contributed by atoms with van der Waals surface area (Å²) in [4.78, 5) is 47.9. The second kappa shape index (κ2) is 7.86. The molecule has 25 heavy (non-hydrogen) atoms. The van der Waals surface area contributed by atoms with Gasteiger partial charge in [0.15, 0.2) is 0 Å². The largest absolute Gasteiger partial charge is 0.467 e. The second-order valence-corrected chi connectivity index (χ2v) is 8.96. The number of thioether (sulfide) groups is 2. The van der Waals surface area contributed by atoms with Crippen LogP contribution in [0.5, 0.6) is 0 Å². The number of methoxy groups -OCH3 is 1. The average Bonchev–Trinajstić information content (AvgIpc) is 2.82. The van der Waals surface area contributed by atoms with E-state index in [2.05, 4.69) is 10.6 Å². The minimum Gasteiger partial charge on any atom is -0.467 e. The minimum absolute atomic E-state index is 0.0616. The van der Waals surface area contributed by atoms with Crippen LogP contribution in [0.3, 0.4) is 0 Å². The average molecular weight is 392 g/mol. The Morgan fingerprint density at radius 3 is 2.36 bits per heavy atom. The van der Waals surface area contributed by atoms with E-state index in [-0.39, 0.29) is 16.1 Å². The summed E-state index contributed by atoms with van der Waals surface area (Å²) < 4.78 is 9.89. The lowest BCUT2D eigenvalue weighted by Crippen LogP contribution is -2.56. The Hall–Kier alpha value is -1.42. The van der Waals surface area contributed by atoms with Crippen LogP contribution in [0, 0.1) is 0 Å². The normalized spacial score (nSPS) is 22.6. The smallest absolute Gasteiger partial charge is 0.408 e. The monoisotopic (exact) mass is 392 g/mol. The molecule has 0 radical (unpaired) electrons. The Balaban J connectivity index is 2.78. The van der Waals surface area contributed by atoms with Crippen LogP contribution in [0.15, 0.2) is 0 Å². The van der Waals surface area contributed by atoms with Crippen molar-refractivity contribution in [3.8, 4) is 0 Å². The molecule has 1 rings (SSSR count). The molecule has 1 saturated heterocycles. The number of nitrogens with one attached hydrogen (secondary N) is 2. The Bertz CT molecular complexity index is 577. The molecule has 0 aliphatic carbocycles. The van der Waals surface area contributed by atoms with Crippen molar-refractivity contribution in [1.29, 1.82) is 0 Å². The molecule has 0 saturated carbocycles. The van der Waals surface area contributed by atoms with E-state index in [9.17, 15) is 19.2 Å². The summed E-state index contributed by atoms with van der Waals surface area (Å²) in [5.74, 6) is -0.450. The lowest BCUT2D eigenvalue weighted by molar-refractivity contribution is -0.146. The van der Waals surface area contributed by atoms with Gasteiger partial charge in [0, 0.05) is 11.5 Å². The van der Waals surface area contributed by atoms with E-state index in [1.54, 1.807) is 27.7 Å². The zero-order valence-corrected chi connectivity index (χ0v) is 16.8.